The molecule has 0 heterocycles. The average molecular weight is 587 g/mol. The van der Waals surface area contributed by atoms with E-state index in [-0.39, 0.29) is 22.3 Å². The zero-order valence-corrected chi connectivity index (χ0v) is 28.9. The Morgan fingerprint density at radius 1 is 0.700 bits per heavy atom. The van der Waals surface area contributed by atoms with Crippen molar-refractivity contribution in [3.8, 4) is 5.75 Å². The first-order valence-corrected chi connectivity index (χ1v) is 20.2. The van der Waals surface area contributed by atoms with Gasteiger partial charge in [0.2, 0.25) is 0 Å². The second-order valence-electron chi connectivity index (χ2n) is 13.6. The van der Waals surface area contributed by atoms with Crippen LogP contribution in [-0.2, 0) is 31.5 Å². The number of rotatable bonds is 15. The molecule has 7 heteroatoms. The molecule has 0 aliphatic carbocycles. The molecule has 2 rings (SSSR count). The topological polar surface area (TPSA) is 46.2 Å². The fourth-order valence-corrected chi connectivity index (χ4v) is 6.11. The van der Waals surface area contributed by atoms with Gasteiger partial charge in [0.15, 0.2) is 16.6 Å². The fourth-order valence-electron chi connectivity index (χ4n) is 3.53. The number of benzene rings is 2. The van der Waals surface area contributed by atoms with E-state index in [1.54, 1.807) is 7.11 Å². The highest BCUT2D eigenvalue weighted by atomic mass is 28.4. The quantitative estimate of drug-likeness (QED) is 0.119. The Labute approximate surface area is 246 Å². The fraction of sp³-hybridized carbons (Fsp3) is 0.576. The SMILES string of the molecule is COc1ccc(COC[C@H](O[Si](C)(C)C(C)(C)C)[C@H](/C=C\COCc2ccccc2)O[Si](C)(C)C(C)(C)C)cc1. The van der Waals surface area contributed by atoms with E-state index in [9.17, 15) is 0 Å². The molecule has 0 unspecified atom stereocenters. The Morgan fingerprint density at radius 2 is 1.23 bits per heavy atom. The van der Waals surface area contributed by atoms with E-state index in [1.807, 2.05) is 42.5 Å². The highest BCUT2D eigenvalue weighted by Gasteiger charge is 2.44. The summed E-state index contributed by atoms with van der Waals surface area (Å²) in [6, 6.07) is 18.2. The van der Waals surface area contributed by atoms with Crippen LogP contribution >= 0.6 is 0 Å². The van der Waals surface area contributed by atoms with Crippen LogP contribution in [0, 0.1) is 0 Å². The number of methoxy groups -OCH3 is 1. The number of ether oxygens (including phenoxy) is 3. The Balaban J connectivity index is 2.26. The minimum Gasteiger partial charge on any atom is -0.497 e. The maximum atomic E-state index is 7.02. The van der Waals surface area contributed by atoms with Crippen molar-refractivity contribution in [2.45, 2.75) is 103 Å². The van der Waals surface area contributed by atoms with E-state index in [0.29, 0.717) is 26.4 Å². The van der Waals surface area contributed by atoms with Gasteiger partial charge >= 0.3 is 0 Å². The minimum atomic E-state index is -2.12. The van der Waals surface area contributed by atoms with Gasteiger partial charge in [-0.2, -0.15) is 0 Å². The van der Waals surface area contributed by atoms with Crippen molar-refractivity contribution in [2.75, 3.05) is 20.3 Å². The predicted molar refractivity (Wildman–Crippen MR) is 172 cm³/mol. The number of hydrogen-bond donors (Lipinski definition) is 0. The summed E-state index contributed by atoms with van der Waals surface area (Å²) in [5.74, 6) is 0.838. The molecule has 0 radical (unpaired) electrons. The van der Waals surface area contributed by atoms with Gasteiger partial charge in [0.25, 0.3) is 0 Å². The first-order chi connectivity index (χ1) is 18.6. The highest BCUT2D eigenvalue weighted by molar-refractivity contribution is 6.74. The molecule has 0 aliphatic heterocycles. The molecule has 0 aromatic heterocycles. The van der Waals surface area contributed by atoms with Gasteiger partial charge in [-0.05, 0) is 59.5 Å². The predicted octanol–water partition coefficient (Wildman–Crippen LogP) is 8.77. The van der Waals surface area contributed by atoms with Crippen LogP contribution in [0.5, 0.6) is 5.75 Å². The lowest BCUT2D eigenvalue weighted by Crippen LogP contribution is -2.52. The van der Waals surface area contributed by atoms with E-state index in [1.165, 1.54) is 0 Å². The van der Waals surface area contributed by atoms with Gasteiger partial charge in [0.1, 0.15) is 5.75 Å². The van der Waals surface area contributed by atoms with E-state index >= 15 is 0 Å². The molecule has 0 spiro atoms. The van der Waals surface area contributed by atoms with Crippen LogP contribution in [0.1, 0.15) is 52.7 Å². The van der Waals surface area contributed by atoms with Crippen LogP contribution in [0.3, 0.4) is 0 Å². The van der Waals surface area contributed by atoms with E-state index in [2.05, 4.69) is 92.0 Å². The van der Waals surface area contributed by atoms with Gasteiger partial charge in [-0.1, -0.05) is 96.2 Å². The van der Waals surface area contributed by atoms with Crippen molar-refractivity contribution in [1.29, 1.82) is 0 Å². The van der Waals surface area contributed by atoms with Crippen molar-refractivity contribution in [3.05, 3.63) is 77.9 Å². The van der Waals surface area contributed by atoms with Gasteiger partial charge in [-0.15, -0.1) is 0 Å². The summed E-state index contributed by atoms with van der Waals surface area (Å²) in [6.45, 7) is 24.8. The second-order valence-corrected chi connectivity index (χ2v) is 23.1. The van der Waals surface area contributed by atoms with Crippen LogP contribution in [0.15, 0.2) is 66.7 Å². The molecule has 0 N–H and O–H groups in total. The highest BCUT2D eigenvalue weighted by Crippen LogP contribution is 2.40. The van der Waals surface area contributed by atoms with Crippen LogP contribution in [0.4, 0.5) is 0 Å². The van der Waals surface area contributed by atoms with E-state index in [4.69, 9.17) is 23.1 Å². The van der Waals surface area contributed by atoms with E-state index in [0.717, 1.165) is 16.9 Å². The molecule has 224 valence electrons. The summed E-state index contributed by atoms with van der Waals surface area (Å²) in [6.07, 6.45) is 3.73. The molecule has 0 bridgehead atoms. The van der Waals surface area contributed by atoms with Crippen molar-refractivity contribution >= 4 is 16.6 Å². The summed E-state index contributed by atoms with van der Waals surface area (Å²) in [4.78, 5) is 0. The maximum absolute atomic E-state index is 7.02. The summed E-state index contributed by atoms with van der Waals surface area (Å²) in [5.41, 5.74) is 2.26. The Kier molecular flexibility index (Phi) is 12.9. The molecule has 0 fully saturated rings. The van der Waals surface area contributed by atoms with E-state index < -0.39 is 16.6 Å². The molecule has 5 nitrogen and oxygen atoms in total. The van der Waals surface area contributed by atoms with Gasteiger partial charge in [0.05, 0.1) is 45.7 Å². The zero-order chi connectivity index (χ0) is 30.0. The third-order valence-electron chi connectivity index (χ3n) is 8.22. The van der Waals surface area contributed by atoms with Crippen LogP contribution in [0.2, 0.25) is 36.3 Å². The lowest BCUT2D eigenvalue weighted by atomic mass is 10.2. The van der Waals surface area contributed by atoms with Crippen molar-refractivity contribution < 1.29 is 23.1 Å². The largest absolute Gasteiger partial charge is 0.497 e. The molecule has 40 heavy (non-hydrogen) atoms. The maximum Gasteiger partial charge on any atom is 0.193 e. The van der Waals surface area contributed by atoms with Gasteiger partial charge in [-0.25, -0.2) is 0 Å². The Bertz CT molecular complexity index is 1020. The first kappa shape index (κ1) is 34.5. The minimum absolute atomic E-state index is 0.0608. The normalized spacial score (nSPS) is 14.9. The Morgan fingerprint density at radius 3 is 1.77 bits per heavy atom. The van der Waals surface area contributed by atoms with Crippen molar-refractivity contribution in [3.63, 3.8) is 0 Å². The molecule has 0 aliphatic rings. The zero-order valence-electron chi connectivity index (χ0n) is 26.9. The third-order valence-corrected chi connectivity index (χ3v) is 17.2. The van der Waals surface area contributed by atoms with Gasteiger partial charge in [0, 0.05) is 0 Å². The summed E-state index contributed by atoms with van der Waals surface area (Å²) >= 11 is 0. The molecule has 2 aromatic carbocycles. The monoisotopic (exact) mass is 586 g/mol. The summed E-state index contributed by atoms with van der Waals surface area (Å²) in [5, 5.41) is 0.125. The smallest absolute Gasteiger partial charge is 0.193 e. The van der Waals surface area contributed by atoms with Crippen molar-refractivity contribution in [2.24, 2.45) is 0 Å². The molecule has 2 atom stereocenters. The molecular weight excluding hydrogens is 533 g/mol. The Hall–Kier alpha value is -1.75. The van der Waals surface area contributed by atoms with Gasteiger partial charge < -0.3 is 23.1 Å². The molecule has 0 saturated heterocycles. The van der Waals surface area contributed by atoms with Crippen LogP contribution in [0.25, 0.3) is 0 Å². The molecule has 0 amide bonds. The lowest BCUT2D eigenvalue weighted by molar-refractivity contribution is -0.0140. The third kappa shape index (κ3) is 10.9. The van der Waals surface area contributed by atoms with Crippen molar-refractivity contribution in [1.82, 2.24) is 0 Å². The molecule has 2 aromatic rings. The van der Waals surface area contributed by atoms with Crippen LogP contribution in [-0.4, -0.2) is 49.2 Å². The van der Waals surface area contributed by atoms with Crippen LogP contribution < -0.4 is 4.74 Å². The summed E-state index contributed by atoms with van der Waals surface area (Å²) < 4.78 is 31.6. The second kappa shape index (κ2) is 14.9. The lowest BCUT2D eigenvalue weighted by Gasteiger charge is -2.44. The summed E-state index contributed by atoms with van der Waals surface area (Å²) in [7, 11) is -2.55. The molecule has 0 saturated carbocycles. The standard InChI is InChI=1S/C33H54O5Si2/c1-32(2,3)39(8,9)37-30(18-15-23-35-24-27-16-13-12-14-17-27)31(38-40(10,11)33(4,5)6)26-36-25-28-19-21-29(34-7)22-20-28/h12-22,30-31H,23-26H2,1-11H3/b18-15-/t30-,31-/m0/s1. The molecular formula is C33H54O5Si2. The number of hydrogen-bond acceptors (Lipinski definition) is 5. The average Bonchev–Trinajstić information content (AvgIpc) is 2.86. The van der Waals surface area contributed by atoms with Gasteiger partial charge in [-0.3, -0.25) is 0 Å². The first-order valence-electron chi connectivity index (χ1n) is 14.4.